The summed E-state index contributed by atoms with van der Waals surface area (Å²) in [7, 11) is 3.80. The summed E-state index contributed by atoms with van der Waals surface area (Å²) in [6.07, 6.45) is 0. The van der Waals surface area contributed by atoms with E-state index in [2.05, 4.69) is 58.8 Å². The number of benzene rings is 1. The third kappa shape index (κ3) is 5.12. The Labute approximate surface area is 130 Å². The van der Waals surface area contributed by atoms with Crippen LogP contribution in [0.5, 0.6) is 0 Å². The predicted molar refractivity (Wildman–Crippen MR) is 89.0 cm³/mol. The van der Waals surface area contributed by atoms with Crippen LogP contribution in [0.2, 0.25) is 0 Å². The van der Waals surface area contributed by atoms with E-state index < -0.39 is 0 Å². The molecule has 0 fully saturated rings. The summed E-state index contributed by atoms with van der Waals surface area (Å²) in [4.78, 5) is 6.86. The van der Waals surface area contributed by atoms with E-state index in [4.69, 9.17) is 4.74 Å². The van der Waals surface area contributed by atoms with Crippen molar-refractivity contribution >= 4 is 16.5 Å². The van der Waals surface area contributed by atoms with Gasteiger partial charge in [-0.25, -0.2) is 4.98 Å². The fraction of sp³-hybridized carbons (Fsp3) is 0.438. The molecule has 0 aliphatic carbocycles. The van der Waals surface area contributed by atoms with Crippen LogP contribution >= 0.6 is 11.3 Å². The van der Waals surface area contributed by atoms with Gasteiger partial charge in [0.15, 0.2) is 5.13 Å². The molecule has 0 atom stereocenters. The normalized spacial score (nSPS) is 10.8. The van der Waals surface area contributed by atoms with Crippen LogP contribution in [0.25, 0.3) is 0 Å². The first-order valence-corrected chi connectivity index (χ1v) is 7.97. The average Bonchev–Trinajstić information content (AvgIpc) is 2.93. The van der Waals surface area contributed by atoms with Crippen LogP contribution in [0, 0.1) is 6.92 Å². The summed E-state index contributed by atoms with van der Waals surface area (Å²) in [6, 6.07) is 8.60. The lowest BCUT2D eigenvalue weighted by Crippen LogP contribution is -2.19. The van der Waals surface area contributed by atoms with Crippen molar-refractivity contribution in [2.75, 3.05) is 32.2 Å². The minimum Gasteiger partial charge on any atom is -0.383 e. The van der Waals surface area contributed by atoms with Gasteiger partial charge in [0.05, 0.1) is 12.3 Å². The van der Waals surface area contributed by atoms with E-state index in [0.29, 0.717) is 0 Å². The average molecular weight is 305 g/mol. The highest BCUT2D eigenvalue weighted by Crippen LogP contribution is 2.21. The van der Waals surface area contributed by atoms with Crippen LogP contribution < -0.4 is 10.2 Å². The van der Waals surface area contributed by atoms with Gasteiger partial charge < -0.3 is 15.0 Å². The molecule has 0 aliphatic rings. The minimum atomic E-state index is 0.726. The second-order valence-corrected chi connectivity index (χ2v) is 5.97. The van der Waals surface area contributed by atoms with Gasteiger partial charge in [0.25, 0.3) is 0 Å². The van der Waals surface area contributed by atoms with Crippen molar-refractivity contribution in [1.29, 1.82) is 0 Å². The van der Waals surface area contributed by atoms with Gasteiger partial charge in [-0.2, -0.15) is 0 Å². The quantitative estimate of drug-likeness (QED) is 0.761. The van der Waals surface area contributed by atoms with Gasteiger partial charge >= 0.3 is 0 Å². The van der Waals surface area contributed by atoms with Gasteiger partial charge in [-0.15, -0.1) is 11.3 Å². The molecule has 1 aromatic heterocycles. The molecule has 0 spiro atoms. The largest absolute Gasteiger partial charge is 0.383 e. The number of hydrogen-bond donors (Lipinski definition) is 1. The topological polar surface area (TPSA) is 37.4 Å². The molecule has 1 N–H and O–H groups in total. The van der Waals surface area contributed by atoms with E-state index in [0.717, 1.165) is 37.1 Å². The predicted octanol–water partition coefficient (Wildman–Crippen LogP) is 2.82. The van der Waals surface area contributed by atoms with E-state index in [1.54, 1.807) is 18.4 Å². The molecule has 114 valence electrons. The Morgan fingerprint density at radius 2 is 2.24 bits per heavy atom. The smallest absolute Gasteiger partial charge is 0.185 e. The van der Waals surface area contributed by atoms with Crippen molar-refractivity contribution < 1.29 is 4.74 Å². The van der Waals surface area contributed by atoms with Crippen molar-refractivity contribution in [3.63, 3.8) is 0 Å². The second kappa shape index (κ2) is 8.12. The maximum absolute atomic E-state index is 5.01. The minimum absolute atomic E-state index is 0.726. The lowest BCUT2D eigenvalue weighted by molar-refractivity contribution is 0.199. The maximum Gasteiger partial charge on any atom is 0.185 e. The van der Waals surface area contributed by atoms with Crippen molar-refractivity contribution in [2.45, 2.75) is 20.0 Å². The van der Waals surface area contributed by atoms with Gasteiger partial charge in [0.1, 0.15) is 0 Å². The first-order valence-electron chi connectivity index (χ1n) is 7.10. The Morgan fingerprint density at radius 1 is 1.38 bits per heavy atom. The summed E-state index contributed by atoms with van der Waals surface area (Å²) in [5, 5.41) is 6.48. The molecular weight excluding hydrogens is 282 g/mol. The van der Waals surface area contributed by atoms with E-state index >= 15 is 0 Å². The van der Waals surface area contributed by atoms with Gasteiger partial charge in [0.2, 0.25) is 0 Å². The van der Waals surface area contributed by atoms with E-state index in [9.17, 15) is 0 Å². The Bertz CT molecular complexity index is 556. The van der Waals surface area contributed by atoms with Gasteiger partial charge in [0, 0.05) is 39.2 Å². The number of ether oxygens (including phenoxy) is 1. The third-order valence-corrected chi connectivity index (χ3v) is 4.16. The first kappa shape index (κ1) is 15.9. The summed E-state index contributed by atoms with van der Waals surface area (Å²) in [5.74, 6) is 0. The molecule has 0 radical (unpaired) electrons. The van der Waals surface area contributed by atoms with Gasteiger partial charge in [-0.1, -0.05) is 29.8 Å². The first-order chi connectivity index (χ1) is 10.2. The summed E-state index contributed by atoms with van der Waals surface area (Å²) >= 11 is 1.69. The Morgan fingerprint density at radius 3 is 3.00 bits per heavy atom. The van der Waals surface area contributed by atoms with E-state index in [1.807, 2.05) is 0 Å². The van der Waals surface area contributed by atoms with Crippen LogP contribution in [0.4, 0.5) is 5.13 Å². The number of anilines is 1. The summed E-state index contributed by atoms with van der Waals surface area (Å²) in [5.41, 5.74) is 3.69. The number of rotatable bonds is 8. The van der Waals surface area contributed by atoms with Crippen LogP contribution in [0.15, 0.2) is 29.6 Å². The van der Waals surface area contributed by atoms with Crippen LogP contribution in [0.3, 0.4) is 0 Å². The van der Waals surface area contributed by atoms with Crippen LogP contribution in [-0.4, -0.2) is 32.3 Å². The monoisotopic (exact) mass is 305 g/mol. The highest BCUT2D eigenvalue weighted by molar-refractivity contribution is 7.13. The molecule has 21 heavy (non-hydrogen) atoms. The Hall–Kier alpha value is -1.43. The number of nitrogens with one attached hydrogen (secondary N) is 1. The molecular formula is C16H23N3OS. The van der Waals surface area contributed by atoms with Crippen LogP contribution in [-0.2, 0) is 17.8 Å². The molecule has 0 aliphatic heterocycles. The number of nitrogens with zero attached hydrogens (tertiary/aromatic N) is 2. The molecule has 0 unspecified atom stereocenters. The fourth-order valence-electron chi connectivity index (χ4n) is 2.10. The Balaban J connectivity index is 1.88. The molecule has 0 saturated heterocycles. The van der Waals surface area contributed by atoms with Crippen molar-refractivity contribution in [3.8, 4) is 0 Å². The van der Waals surface area contributed by atoms with Crippen molar-refractivity contribution in [1.82, 2.24) is 10.3 Å². The highest BCUT2D eigenvalue weighted by Gasteiger charge is 2.07. The molecule has 0 amide bonds. The standard InChI is InChI=1S/C16H23N3OS/c1-13-5-4-6-14(9-13)11-19(2)16-18-15(12-21-16)10-17-7-8-20-3/h4-6,9,12,17H,7-8,10-11H2,1-3H3. The molecule has 2 rings (SSSR count). The third-order valence-electron chi connectivity index (χ3n) is 3.16. The van der Waals surface area contributed by atoms with E-state index in [-0.39, 0.29) is 0 Å². The molecule has 2 aromatic rings. The second-order valence-electron chi connectivity index (χ2n) is 5.14. The van der Waals surface area contributed by atoms with Gasteiger partial charge in [-0.05, 0) is 12.5 Å². The van der Waals surface area contributed by atoms with Crippen molar-refractivity contribution in [3.05, 3.63) is 46.5 Å². The summed E-state index contributed by atoms with van der Waals surface area (Å²) < 4.78 is 5.01. The number of thiazole rings is 1. The zero-order valence-corrected chi connectivity index (χ0v) is 13.7. The number of aromatic nitrogens is 1. The van der Waals surface area contributed by atoms with E-state index in [1.165, 1.54) is 11.1 Å². The number of aryl methyl sites for hydroxylation is 1. The van der Waals surface area contributed by atoms with Gasteiger partial charge in [-0.3, -0.25) is 0 Å². The lowest BCUT2D eigenvalue weighted by atomic mass is 10.1. The Kier molecular flexibility index (Phi) is 6.17. The zero-order chi connectivity index (χ0) is 15.1. The number of methoxy groups -OCH3 is 1. The lowest BCUT2D eigenvalue weighted by Gasteiger charge is -2.16. The SMILES string of the molecule is COCCNCc1csc(N(C)Cc2cccc(C)c2)n1. The molecule has 4 nitrogen and oxygen atoms in total. The maximum atomic E-state index is 5.01. The zero-order valence-electron chi connectivity index (χ0n) is 12.9. The summed E-state index contributed by atoms with van der Waals surface area (Å²) in [6.45, 7) is 5.37. The van der Waals surface area contributed by atoms with Crippen molar-refractivity contribution in [2.24, 2.45) is 0 Å². The van der Waals surface area contributed by atoms with Crippen LogP contribution in [0.1, 0.15) is 16.8 Å². The molecule has 1 aromatic carbocycles. The molecule has 0 saturated carbocycles. The molecule has 1 heterocycles. The number of hydrogen-bond acceptors (Lipinski definition) is 5. The highest BCUT2D eigenvalue weighted by atomic mass is 32.1. The fourth-order valence-corrected chi connectivity index (χ4v) is 2.89. The molecule has 5 heteroatoms. The molecule has 0 bridgehead atoms.